The quantitative estimate of drug-likeness (QED) is 0.747. The van der Waals surface area contributed by atoms with Gasteiger partial charge in [-0.2, -0.15) is 0 Å². The summed E-state index contributed by atoms with van der Waals surface area (Å²) in [6.07, 6.45) is 0.366. The normalized spacial score (nSPS) is 12.7. The average Bonchev–Trinajstić information content (AvgIpc) is 2.66. The number of amides is 2. The highest BCUT2D eigenvalue weighted by atomic mass is 16.5. The van der Waals surface area contributed by atoms with Crippen molar-refractivity contribution >= 4 is 11.8 Å². The first kappa shape index (κ1) is 20.5. The van der Waals surface area contributed by atoms with Gasteiger partial charge >= 0.3 is 0 Å². The third kappa shape index (κ3) is 5.82. The molecule has 1 atom stereocenters. The second-order valence-corrected chi connectivity index (χ2v) is 6.72. The standard InChI is InChI=1S/C21H26N2O4/c1-21(26,16-9-5-4-6-10-16)13-14-22-20(25)17-11-7-8-12-18(17)27-15-19(24)23(2)3/h4-12,26H,13-15H2,1-3H3,(H,22,25)/t21-/m1/s1. The van der Waals surface area contributed by atoms with Gasteiger partial charge in [0.15, 0.2) is 6.61 Å². The van der Waals surface area contributed by atoms with E-state index in [2.05, 4.69) is 5.32 Å². The molecule has 2 N–H and O–H groups in total. The highest BCUT2D eigenvalue weighted by Crippen LogP contribution is 2.24. The minimum absolute atomic E-state index is 0.139. The molecule has 0 saturated carbocycles. The van der Waals surface area contributed by atoms with Crippen molar-refractivity contribution in [3.8, 4) is 5.75 Å². The molecule has 2 aromatic rings. The van der Waals surface area contributed by atoms with Crippen molar-refractivity contribution in [1.29, 1.82) is 0 Å². The third-order valence-electron chi connectivity index (χ3n) is 4.27. The van der Waals surface area contributed by atoms with E-state index in [0.717, 1.165) is 5.56 Å². The van der Waals surface area contributed by atoms with E-state index in [1.165, 1.54) is 4.90 Å². The molecule has 2 amide bonds. The Kier molecular flexibility index (Phi) is 6.96. The van der Waals surface area contributed by atoms with Crippen molar-refractivity contribution in [3.63, 3.8) is 0 Å². The van der Waals surface area contributed by atoms with Crippen LogP contribution in [0.15, 0.2) is 54.6 Å². The summed E-state index contributed by atoms with van der Waals surface area (Å²) in [4.78, 5) is 25.6. The first-order chi connectivity index (χ1) is 12.8. The predicted octanol–water partition coefficient (Wildman–Crippen LogP) is 2.18. The summed E-state index contributed by atoms with van der Waals surface area (Å²) in [5, 5.41) is 13.4. The van der Waals surface area contributed by atoms with Crippen LogP contribution in [0.2, 0.25) is 0 Å². The van der Waals surface area contributed by atoms with Gasteiger partial charge in [0, 0.05) is 20.6 Å². The van der Waals surface area contributed by atoms with E-state index in [9.17, 15) is 14.7 Å². The van der Waals surface area contributed by atoms with Gasteiger partial charge in [-0.1, -0.05) is 42.5 Å². The summed E-state index contributed by atoms with van der Waals surface area (Å²) in [5.74, 6) is -0.157. The number of nitrogens with zero attached hydrogens (tertiary/aromatic N) is 1. The topological polar surface area (TPSA) is 78.9 Å². The lowest BCUT2D eigenvalue weighted by molar-refractivity contribution is -0.130. The molecule has 0 bridgehead atoms. The minimum Gasteiger partial charge on any atom is -0.483 e. The summed E-state index contributed by atoms with van der Waals surface area (Å²) in [6, 6.07) is 16.1. The smallest absolute Gasteiger partial charge is 0.259 e. The van der Waals surface area contributed by atoms with Gasteiger partial charge in [-0.05, 0) is 31.0 Å². The van der Waals surface area contributed by atoms with Gasteiger partial charge in [0.05, 0.1) is 11.2 Å². The Morgan fingerprint density at radius 2 is 1.70 bits per heavy atom. The van der Waals surface area contributed by atoms with Crippen molar-refractivity contribution in [1.82, 2.24) is 10.2 Å². The van der Waals surface area contributed by atoms with Crippen molar-refractivity contribution in [2.24, 2.45) is 0 Å². The Morgan fingerprint density at radius 1 is 1.07 bits per heavy atom. The molecule has 0 fully saturated rings. The van der Waals surface area contributed by atoms with E-state index in [1.807, 2.05) is 30.3 Å². The monoisotopic (exact) mass is 370 g/mol. The highest BCUT2D eigenvalue weighted by molar-refractivity contribution is 5.97. The number of rotatable bonds is 8. The Balaban J connectivity index is 1.95. The number of hydrogen-bond donors (Lipinski definition) is 2. The molecule has 6 nitrogen and oxygen atoms in total. The Bertz CT molecular complexity index is 773. The molecule has 6 heteroatoms. The molecule has 27 heavy (non-hydrogen) atoms. The molecule has 0 heterocycles. The molecule has 0 radical (unpaired) electrons. The van der Waals surface area contributed by atoms with Gasteiger partial charge in [0.1, 0.15) is 5.75 Å². The summed E-state index contributed by atoms with van der Waals surface area (Å²) in [5.41, 5.74) is 0.108. The van der Waals surface area contributed by atoms with Crippen LogP contribution in [-0.2, 0) is 10.4 Å². The number of benzene rings is 2. The molecule has 0 unspecified atom stereocenters. The maximum absolute atomic E-state index is 12.5. The van der Waals surface area contributed by atoms with E-state index in [4.69, 9.17) is 4.74 Å². The first-order valence-electron chi connectivity index (χ1n) is 8.79. The lowest BCUT2D eigenvalue weighted by atomic mass is 9.92. The summed E-state index contributed by atoms with van der Waals surface area (Å²) in [6.45, 7) is 1.88. The summed E-state index contributed by atoms with van der Waals surface area (Å²) < 4.78 is 5.50. The van der Waals surface area contributed by atoms with Crippen LogP contribution in [0.4, 0.5) is 0 Å². The predicted molar refractivity (Wildman–Crippen MR) is 104 cm³/mol. The Labute approximate surface area is 159 Å². The first-order valence-corrected chi connectivity index (χ1v) is 8.79. The second-order valence-electron chi connectivity index (χ2n) is 6.72. The van der Waals surface area contributed by atoms with Crippen molar-refractivity contribution < 1.29 is 19.4 Å². The van der Waals surface area contributed by atoms with Crippen molar-refractivity contribution in [2.45, 2.75) is 18.9 Å². The van der Waals surface area contributed by atoms with Crippen LogP contribution >= 0.6 is 0 Å². The average molecular weight is 370 g/mol. The fraction of sp³-hybridized carbons (Fsp3) is 0.333. The number of ether oxygens (including phenoxy) is 1. The number of para-hydroxylation sites is 1. The Morgan fingerprint density at radius 3 is 2.37 bits per heavy atom. The van der Waals surface area contributed by atoms with Crippen LogP contribution in [-0.4, -0.2) is 49.1 Å². The number of likely N-dealkylation sites (N-methyl/N-ethyl adjacent to an activating group) is 1. The van der Waals surface area contributed by atoms with Crippen LogP contribution in [0.25, 0.3) is 0 Å². The maximum atomic E-state index is 12.5. The largest absolute Gasteiger partial charge is 0.483 e. The van der Waals surface area contributed by atoms with Crippen LogP contribution in [0.3, 0.4) is 0 Å². The number of aliphatic hydroxyl groups is 1. The fourth-order valence-electron chi connectivity index (χ4n) is 2.50. The molecular weight excluding hydrogens is 344 g/mol. The molecule has 2 aromatic carbocycles. The van der Waals surface area contributed by atoms with Crippen LogP contribution < -0.4 is 10.1 Å². The zero-order valence-electron chi connectivity index (χ0n) is 15.9. The number of hydrogen-bond acceptors (Lipinski definition) is 4. The molecule has 2 rings (SSSR count). The van der Waals surface area contributed by atoms with E-state index in [0.29, 0.717) is 24.3 Å². The van der Waals surface area contributed by atoms with Gasteiger partial charge in [-0.15, -0.1) is 0 Å². The lowest BCUT2D eigenvalue weighted by Gasteiger charge is -2.24. The van der Waals surface area contributed by atoms with Gasteiger partial charge in [-0.25, -0.2) is 0 Å². The zero-order valence-corrected chi connectivity index (χ0v) is 15.9. The Hall–Kier alpha value is -2.86. The van der Waals surface area contributed by atoms with Crippen LogP contribution in [0.1, 0.15) is 29.3 Å². The molecule has 144 valence electrons. The van der Waals surface area contributed by atoms with Crippen molar-refractivity contribution in [2.75, 3.05) is 27.2 Å². The van der Waals surface area contributed by atoms with E-state index in [1.54, 1.807) is 45.3 Å². The molecule has 0 saturated heterocycles. The third-order valence-corrected chi connectivity index (χ3v) is 4.27. The summed E-state index contributed by atoms with van der Waals surface area (Å²) >= 11 is 0. The zero-order chi connectivity index (χ0) is 19.9. The molecule has 0 aromatic heterocycles. The van der Waals surface area contributed by atoms with Crippen molar-refractivity contribution in [3.05, 3.63) is 65.7 Å². The van der Waals surface area contributed by atoms with E-state index in [-0.39, 0.29) is 18.4 Å². The fourth-order valence-corrected chi connectivity index (χ4v) is 2.50. The SMILES string of the molecule is CN(C)C(=O)COc1ccccc1C(=O)NCC[C@@](C)(O)c1ccccc1. The van der Waals surface area contributed by atoms with Crippen LogP contribution in [0.5, 0.6) is 5.75 Å². The molecule has 0 aliphatic rings. The van der Waals surface area contributed by atoms with Gasteiger partial charge in [-0.3, -0.25) is 9.59 Å². The van der Waals surface area contributed by atoms with Gasteiger partial charge < -0.3 is 20.1 Å². The number of nitrogens with one attached hydrogen (secondary N) is 1. The highest BCUT2D eigenvalue weighted by Gasteiger charge is 2.23. The minimum atomic E-state index is -1.04. The molecule has 0 aliphatic carbocycles. The maximum Gasteiger partial charge on any atom is 0.259 e. The van der Waals surface area contributed by atoms with E-state index < -0.39 is 5.60 Å². The van der Waals surface area contributed by atoms with E-state index >= 15 is 0 Å². The van der Waals surface area contributed by atoms with Crippen LogP contribution in [0, 0.1) is 0 Å². The molecule has 0 aliphatic heterocycles. The van der Waals surface area contributed by atoms with Gasteiger partial charge in [0.25, 0.3) is 11.8 Å². The molecule has 0 spiro atoms. The number of carbonyl (C=O) groups excluding carboxylic acids is 2. The summed E-state index contributed by atoms with van der Waals surface area (Å²) in [7, 11) is 3.28. The second kappa shape index (κ2) is 9.19. The number of carbonyl (C=O) groups is 2. The lowest BCUT2D eigenvalue weighted by Crippen LogP contribution is -2.32. The van der Waals surface area contributed by atoms with Gasteiger partial charge in [0.2, 0.25) is 0 Å². The molecular formula is C21H26N2O4.